The minimum atomic E-state index is -0.841. The summed E-state index contributed by atoms with van der Waals surface area (Å²) in [5.41, 5.74) is 0.736. The van der Waals surface area contributed by atoms with Gasteiger partial charge in [0.05, 0.1) is 10.7 Å². The van der Waals surface area contributed by atoms with Crippen molar-refractivity contribution in [2.45, 2.75) is 39.5 Å². The van der Waals surface area contributed by atoms with Crippen LogP contribution >= 0.6 is 11.3 Å². The van der Waals surface area contributed by atoms with Gasteiger partial charge in [-0.1, -0.05) is 13.8 Å². The van der Waals surface area contributed by atoms with E-state index in [0.29, 0.717) is 11.3 Å². The summed E-state index contributed by atoms with van der Waals surface area (Å²) in [5, 5.41) is 10.1. The number of hydrogen-bond donors (Lipinski definition) is 1. The van der Waals surface area contributed by atoms with Gasteiger partial charge in [-0.05, 0) is 31.7 Å². The lowest BCUT2D eigenvalue weighted by Crippen LogP contribution is -2.35. The van der Waals surface area contributed by atoms with E-state index < -0.39 is 5.97 Å². The quantitative estimate of drug-likeness (QED) is 0.902. The number of carboxylic acid groups (broad SMARTS) is 1. The summed E-state index contributed by atoms with van der Waals surface area (Å²) in [5.74, 6) is -0.0574. The van der Waals surface area contributed by atoms with E-state index in [1.807, 2.05) is 6.92 Å². The molecule has 1 aliphatic heterocycles. The van der Waals surface area contributed by atoms with Crippen LogP contribution in [0.25, 0.3) is 0 Å². The van der Waals surface area contributed by atoms with E-state index in [4.69, 9.17) is 5.11 Å². The molecule has 19 heavy (non-hydrogen) atoms. The Kier molecular flexibility index (Phi) is 4.93. The average molecular weight is 282 g/mol. The average Bonchev–Trinajstić information content (AvgIpc) is 2.80. The van der Waals surface area contributed by atoms with Crippen molar-refractivity contribution >= 4 is 17.3 Å². The molecule has 1 aromatic heterocycles. The first kappa shape index (κ1) is 14.5. The largest absolute Gasteiger partial charge is 0.477 e. The summed E-state index contributed by atoms with van der Waals surface area (Å²) in [6.45, 7) is 7.59. The monoisotopic (exact) mass is 282 g/mol. The summed E-state index contributed by atoms with van der Waals surface area (Å²) >= 11 is 1.34. The molecular formula is C14H22N2O2S. The van der Waals surface area contributed by atoms with Gasteiger partial charge >= 0.3 is 5.97 Å². The Hall–Kier alpha value is -0.940. The summed E-state index contributed by atoms with van der Waals surface area (Å²) < 4.78 is 0. The number of carbonyl (C=O) groups is 1. The number of thiazole rings is 1. The van der Waals surface area contributed by atoms with E-state index in [0.717, 1.165) is 36.1 Å². The van der Waals surface area contributed by atoms with Crippen molar-refractivity contribution in [1.29, 1.82) is 0 Å². The van der Waals surface area contributed by atoms with Gasteiger partial charge in [0.15, 0.2) is 0 Å². The molecule has 1 N–H and O–H groups in total. The molecule has 1 fully saturated rings. The van der Waals surface area contributed by atoms with Gasteiger partial charge in [0, 0.05) is 19.5 Å². The van der Waals surface area contributed by atoms with E-state index >= 15 is 0 Å². The van der Waals surface area contributed by atoms with Crippen LogP contribution in [0, 0.1) is 5.92 Å². The second kappa shape index (κ2) is 6.48. The molecule has 1 unspecified atom stereocenters. The number of rotatable bonds is 5. The minimum absolute atomic E-state index is 0.421. The molecule has 5 heteroatoms. The fraction of sp³-hybridized carbons (Fsp3) is 0.714. The van der Waals surface area contributed by atoms with Crippen LogP contribution in [-0.2, 0) is 12.8 Å². The van der Waals surface area contributed by atoms with Crippen molar-refractivity contribution in [1.82, 2.24) is 9.88 Å². The predicted octanol–water partition coefficient (Wildman–Crippen LogP) is 2.68. The maximum atomic E-state index is 11.1. The maximum absolute atomic E-state index is 11.1. The van der Waals surface area contributed by atoms with E-state index in [9.17, 15) is 4.79 Å². The van der Waals surface area contributed by atoms with Gasteiger partial charge in [-0.3, -0.25) is 0 Å². The standard InChI is InChI=1S/C14H22N2O2S/c1-3-11-13(14(17)18)19-12(15-11)6-8-16-7-4-5-10(2)9-16/h10H,3-9H2,1-2H3,(H,17,18). The van der Waals surface area contributed by atoms with Gasteiger partial charge in [0.25, 0.3) is 0 Å². The van der Waals surface area contributed by atoms with E-state index in [1.54, 1.807) is 0 Å². The summed E-state index contributed by atoms with van der Waals surface area (Å²) in [7, 11) is 0. The minimum Gasteiger partial charge on any atom is -0.477 e. The number of hydrogen-bond acceptors (Lipinski definition) is 4. The highest BCUT2D eigenvalue weighted by Gasteiger charge is 2.18. The van der Waals surface area contributed by atoms with Gasteiger partial charge in [0.1, 0.15) is 4.88 Å². The maximum Gasteiger partial charge on any atom is 0.347 e. The third kappa shape index (κ3) is 3.76. The molecule has 2 rings (SSSR count). The molecule has 0 aromatic carbocycles. The highest BCUT2D eigenvalue weighted by molar-refractivity contribution is 7.13. The third-order valence-electron chi connectivity index (χ3n) is 3.65. The Morgan fingerprint density at radius 3 is 2.95 bits per heavy atom. The van der Waals surface area contributed by atoms with Gasteiger partial charge in [-0.25, -0.2) is 9.78 Å². The van der Waals surface area contributed by atoms with E-state index in [2.05, 4.69) is 16.8 Å². The molecular weight excluding hydrogens is 260 g/mol. The highest BCUT2D eigenvalue weighted by Crippen LogP contribution is 2.21. The van der Waals surface area contributed by atoms with Gasteiger partial charge in [0.2, 0.25) is 0 Å². The molecule has 2 heterocycles. The molecule has 0 spiro atoms. The Morgan fingerprint density at radius 1 is 1.58 bits per heavy atom. The van der Waals surface area contributed by atoms with Crippen LogP contribution in [0.1, 0.15) is 47.1 Å². The Balaban J connectivity index is 1.94. The lowest BCUT2D eigenvalue weighted by atomic mass is 10.0. The number of piperidine rings is 1. The zero-order chi connectivity index (χ0) is 13.8. The molecule has 0 radical (unpaired) electrons. The van der Waals surface area contributed by atoms with Crippen LogP contribution in [0.4, 0.5) is 0 Å². The fourth-order valence-corrected chi connectivity index (χ4v) is 3.64. The number of nitrogens with zero attached hydrogens (tertiary/aromatic N) is 2. The fourth-order valence-electron chi connectivity index (χ4n) is 2.66. The first-order valence-corrected chi connectivity index (χ1v) is 7.86. The van der Waals surface area contributed by atoms with E-state index in [1.165, 1.54) is 30.7 Å². The van der Waals surface area contributed by atoms with Gasteiger partial charge in [-0.2, -0.15) is 0 Å². The molecule has 106 valence electrons. The van der Waals surface area contributed by atoms with Crippen LogP contribution in [0.5, 0.6) is 0 Å². The highest BCUT2D eigenvalue weighted by atomic mass is 32.1. The molecule has 1 saturated heterocycles. The van der Waals surface area contributed by atoms with Crippen LogP contribution < -0.4 is 0 Å². The van der Waals surface area contributed by atoms with Crippen molar-refractivity contribution in [3.05, 3.63) is 15.6 Å². The van der Waals surface area contributed by atoms with Crippen molar-refractivity contribution in [2.75, 3.05) is 19.6 Å². The van der Waals surface area contributed by atoms with Crippen molar-refractivity contribution in [3.8, 4) is 0 Å². The summed E-state index contributed by atoms with van der Waals surface area (Å²) in [4.78, 5) is 18.5. The van der Waals surface area contributed by atoms with Crippen molar-refractivity contribution in [3.63, 3.8) is 0 Å². The number of carboxylic acids is 1. The third-order valence-corrected chi connectivity index (χ3v) is 4.80. The molecule has 0 saturated carbocycles. The zero-order valence-corrected chi connectivity index (χ0v) is 12.5. The molecule has 1 aromatic rings. The van der Waals surface area contributed by atoms with Crippen LogP contribution in [-0.4, -0.2) is 40.6 Å². The van der Waals surface area contributed by atoms with E-state index in [-0.39, 0.29) is 0 Å². The lowest BCUT2D eigenvalue weighted by Gasteiger charge is -2.30. The zero-order valence-electron chi connectivity index (χ0n) is 11.7. The Bertz CT molecular complexity index is 445. The van der Waals surface area contributed by atoms with Gasteiger partial charge in [-0.15, -0.1) is 11.3 Å². The molecule has 0 amide bonds. The van der Waals surface area contributed by atoms with Gasteiger partial charge < -0.3 is 10.0 Å². The second-order valence-electron chi connectivity index (χ2n) is 5.34. The topological polar surface area (TPSA) is 53.4 Å². The van der Waals surface area contributed by atoms with Crippen molar-refractivity contribution < 1.29 is 9.90 Å². The number of aryl methyl sites for hydroxylation is 1. The first-order chi connectivity index (χ1) is 9.10. The molecule has 0 aliphatic carbocycles. The number of aromatic carboxylic acids is 1. The Morgan fingerprint density at radius 2 is 2.37 bits per heavy atom. The molecule has 1 atom stereocenters. The normalized spacial score (nSPS) is 20.6. The number of aromatic nitrogens is 1. The SMILES string of the molecule is CCc1nc(CCN2CCCC(C)C2)sc1C(=O)O. The smallest absolute Gasteiger partial charge is 0.347 e. The second-order valence-corrected chi connectivity index (χ2v) is 6.42. The number of likely N-dealkylation sites (tertiary alicyclic amines) is 1. The van der Waals surface area contributed by atoms with Crippen LogP contribution in [0.2, 0.25) is 0 Å². The molecule has 4 nitrogen and oxygen atoms in total. The van der Waals surface area contributed by atoms with Crippen molar-refractivity contribution in [2.24, 2.45) is 5.92 Å². The molecule has 1 aliphatic rings. The first-order valence-electron chi connectivity index (χ1n) is 7.04. The molecule has 0 bridgehead atoms. The van der Waals surface area contributed by atoms with Crippen LogP contribution in [0.15, 0.2) is 0 Å². The summed E-state index contributed by atoms with van der Waals surface area (Å²) in [6.07, 6.45) is 4.17. The summed E-state index contributed by atoms with van der Waals surface area (Å²) in [6, 6.07) is 0. The lowest BCUT2D eigenvalue weighted by molar-refractivity contribution is 0.0701. The van der Waals surface area contributed by atoms with Crippen LogP contribution in [0.3, 0.4) is 0 Å². The Labute approximate surface area is 118 Å². The predicted molar refractivity (Wildman–Crippen MR) is 77.0 cm³/mol.